The van der Waals surface area contributed by atoms with Gasteiger partial charge < -0.3 is 5.32 Å². The smallest absolute Gasteiger partial charge is 0.234 e. The van der Waals surface area contributed by atoms with Gasteiger partial charge in [0, 0.05) is 17.6 Å². The van der Waals surface area contributed by atoms with Crippen molar-refractivity contribution in [1.82, 2.24) is 10.2 Å². The summed E-state index contributed by atoms with van der Waals surface area (Å²) in [5.74, 6) is -0.278. The lowest BCUT2D eigenvalue weighted by molar-refractivity contribution is -0.121. The van der Waals surface area contributed by atoms with Crippen molar-refractivity contribution in [1.29, 1.82) is 0 Å². The van der Waals surface area contributed by atoms with Gasteiger partial charge in [-0.2, -0.15) is 0 Å². The number of nitrogens with zero attached hydrogens (tertiary/aromatic N) is 1. The van der Waals surface area contributed by atoms with Crippen LogP contribution < -0.4 is 5.32 Å². The quantitative estimate of drug-likeness (QED) is 0.904. The van der Waals surface area contributed by atoms with Gasteiger partial charge in [-0.25, -0.2) is 4.39 Å². The summed E-state index contributed by atoms with van der Waals surface area (Å²) < 4.78 is 13.6. The van der Waals surface area contributed by atoms with E-state index in [0.717, 1.165) is 10.0 Å². The third-order valence-electron chi connectivity index (χ3n) is 2.24. The van der Waals surface area contributed by atoms with Crippen LogP contribution in [-0.4, -0.2) is 30.9 Å². The van der Waals surface area contributed by atoms with E-state index in [9.17, 15) is 9.18 Å². The number of likely N-dealkylation sites (N-methyl/N-ethyl adjacent to an activating group) is 2. The highest BCUT2D eigenvalue weighted by molar-refractivity contribution is 9.10. The molecule has 0 aromatic heterocycles. The van der Waals surface area contributed by atoms with Crippen LogP contribution in [0.25, 0.3) is 0 Å². The fraction of sp³-hybridized carbons (Fsp3) is 0.417. The molecule has 0 unspecified atom stereocenters. The number of benzene rings is 1. The van der Waals surface area contributed by atoms with Gasteiger partial charge in [-0.3, -0.25) is 9.69 Å². The second-order valence-corrected chi connectivity index (χ2v) is 4.72. The van der Waals surface area contributed by atoms with Gasteiger partial charge in [-0.1, -0.05) is 22.0 Å². The fourth-order valence-corrected chi connectivity index (χ4v) is 1.97. The topological polar surface area (TPSA) is 32.3 Å². The number of hydrogen-bond acceptors (Lipinski definition) is 2. The van der Waals surface area contributed by atoms with Gasteiger partial charge in [-0.05, 0) is 31.7 Å². The van der Waals surface area contributed by atoms with Crippen LogP contribution in [0.5, 0.6) is 0 Å². The Labute approximate surface area is 109 Å². The Bertz CT molecular complexity index is 398. The van der Waals surface area contributed by atoms with E-state index in [1.54, 1.807) is 6.07 Å². The lowest BCUT2D eigenvalue weighted by atomic mass is 10.2. The number of carbonyl (C=O) groups is 1. The molecule has 1 N–H and O–H groups in total. The Kier molecular flexibility index (Phi) is 5.58. The van der Waals surface area contributed by atoms with Crippen LogP contribution in [0.2, 0.25) is 0 Å². The standard InChI is InChI=1S/C12H16BrFN2O/c1-3-15-12(17)8-16(2)7-9-4-5-10(14)6-11(9)13/h4-6H,3,7-8H2,1-2H3,(H,15,17). The van der Waals surface area contributed by atoms with Crippen molar-refractivity contribution in [2.75, 3.05) is 20.1 Å². The van der Waals surface area contributed by atoms with Crippen molar-refractivity contribution < 1.29 is 9.18 Å². The summed E-state index contributed by atoms with van der Waals surface area (Å²) in [5.41, 5.74) is 0.957. The van der Waals surface area contributed by atoms with E-state index in [-0.39, 0.29) is 11.7 Å². The van der Waals surface area contributed by atoms with E-state index < -0.39 is 0 Å². The second kappa shape index (κ2) is 6.71. The lowest BCUT2D eigenvalue weighted by Crippen LogP contribution is -2.34. The molecular weight excluding hydrogens is 287 g/mol. The molecule has 0 aliphatic carbocycles. The first-order valence-electron chi connectivity index (χ1n) is 5.42. The Morgan fingerprint density at radius 2 is 2.24 bits per heavy atom. The Morgan fingerprint density at radius 3 is 2.82 bits per heavy atom. The first-order valence-corrected chi connectivity index (χ1v) is 6.21. The molecule has 0 aliphatic heterocycles. The van der Waals surface area contributed by atoms with Gasteiger partial charge in [-0.15, -0.1) is 0 Å². The zero-order valence-electron chi connectivity index (χ0n) is 9.96. The third kappa shape index (κ3) is 4.83. The van der Waals surface area contributed by atoms with Crippen LogP contribution in [-0.2, 0) is 11.3 Å². The van der Waals surface area contributed by atoms with Gasteiger partial charge in [0.05, 0.1) is 6.54 Å². The first-order chi connectivity index (χ1) is 8.02. The van der Waals surface area contributed by atoms with Gasteiger partial charge in [0.15, 0.2) is 0 Å². The number of halogens is 2. The number of rotatable bonds is 5. The molecule has 94 valence electrons. The maximum atomic E-state index is 12.9. The van der Waals surface area contributed by atoms with Crippen LogP contribution in [0.4, 0.5) is 4.39 Å². The maximum Gasteiger partial charge on any atom is 0.234 e. The van der Waals surface area contributed by atoms with Crippen molar-refractivity contribution >= 4 is 21.8 Å². The molecule has 5 heteroatoms. The van der Waals surface area contributed by atoms with Crippen LogP contribution in [0, 0.1) is 5.82 Å². The molecular formula is C12H16BrFN2O. The minimum absolute atomic E-state index is 0.00626. The summed E-state index contributed by atoms with van der Waals surface area (Å²) in [7, 11) is 1.85. The molecule has 0 radical (unpaired) electrons. The molecule has 0 heterocycles. The average Bonchev–Trinajstić information content (AvgIpc) is 2.22. The SMILES string of the molecule is CCNC(=O)CN(C)Cc1ccc(F)cc1Br. The Hall–Kier alpha value is -0.940. The van der Waals surface area contributed by atoms with E-state index in [1.807, 2.05) is 18.9 Å². The van der Waals surface area contributed by atoms with E-state index in [1.165, 1.54) is 12.1 Å². The second-order valence-electron chi connectivity index (χ2n) is 3.86. The molecule has 0 saturated heterocycles. The normalized spacial score (nSPS) is 10.6. The van der Waals surface area contributed by atoms with Gasteiger partial charge in [0.25, 0.3) is 0 Å². The Morgan fingerprint density at radius 1 is 1.53 bits per heavy atom. The van der Waals surface area contributed by atoms with Gasteiger partial charge >= 0.3 is 0 Å². The zero-order chi connectivity index (χ0) is 12.8. The van der Waals surface area contributed by atoms with E-state index in [0.29, 0.717) is 19.6 Å². The summed E-state index contributed by atoms with van der Waals surface area (Å²) >= 11 is 3.31. The molecule has 0 bridgehead atoms. The van der Waals surface area contributed by atoms with Crippen molar-refractivity contribution in [2.45, 2.75) is 13.5 Å². The molecule has 3 nitrogen and oxygen atoms in total. The summed E-state index contributed by atoms with van der Waals surface area (Å²) in [6, 6.07) is 4.56. The molecule has 1 amide bonds. The molecule has 0 fully saturated rings. The summed E-state index contributed by atoms with van der Waals surface area (Å²) in [6.45, 7) is 3.44. The number of nitrogens with one attached hydrogen (secondary N) is 1. The van der Waals surface area contributed by atoms with Gasteiger partial charge in [0.2, 0.25) is 5.91 Å². The molecule has 0 aliphatic rings. The van der Waals surface area contributed by atoms with Crippen LogP contribution in [0.15, 0.2) is 22.7 Å². The van der Waals surface area contributed by atoms with Crippen LogP contribution >= 0.6 is 15.9 Å². The lowest BCUT2D eigenvalue weighted by Gasteiger charge is -2.16. The summed E-state index contributed by atoms with van der Waals surface area (Å²) in [6.07, 6.45) is 0. The highest BCUT2D eigenvalue weighted by Crippen LogP contribution is 2.19. The third-order valence-corrected chi connectivity index (χ3v) is 2.98. The van der Waals surface area contributed by atoms with Crippen LogP contribution in [0.1, 0.15) is 12.5 Å². The minimum atomic E-state index is -0.271. The zero-order valence-corrected chi connectivity index (χ0v) is 11.6. The largest absolute Gasteiger partial charge is 0.355 e. The number of hydrogen-bond donors (Lipinski definition) is 1. The summed E-state index contributed by atoms with van der Waals surface area (Å²) in [4.78, 5) is 13.2. The molecule has 1 rings (SSSR count). The molecule has 0 saturated carbocycles. The first kappa shape index (κ1) is 14.1. The molecule has 0 spiro atoms. The number of carbonyl (C=O) groups excluding carboxylic acids is 1. The average molecular weight is 303 g/mol. The van der Waals surface area contributed by atoms with Crippen molar-refractivity contribution in [3.05, 3.63) is 34.1 Å². The predicted molar refractivity (Wildman–Crippen MR) is 69.1 cm³/mol. The minimum Gasteiger partial charge on any atom is -0.355 e. The maximum absolute atomic E-state index is 12.9. The molecule has 1 aromatic carbocycles. The Balaban J connectivity index is 2.55. The van der Waals surface area contributed by atoms with Crippen molar-refractivity contribution in [3.63, 3.8) is 0 Å². The molecule has 1 aromatic rings. The van der Waals surface area contributed by atoms with Crippen molar-refractivity contribution in [3.8, 4) is 0 Å². The van der Waals surface area contributed by atoms with Crippen molar-refractivity contribution in [2.24, 2.45) is 0 Å². The summed E-state index contributed by atoms with van der Waals surface area (Å²) in [5, 5.41) is 2.73. The monoisotopic (exact) mass is 302 g/mol. The van der Waals surface area contributed by atoms with E-state index in [4.69, 9.17) is 0 Å². The van der Waals surface area contributed by atoms with E-state index in [2.05, 4.69) is 21.2 Å². The van der Waals surface area contributed by atoms with E-state index >= 15 is 0 Å². The predicted octanol–water partition coefficient (Wildman–Crippen LogP) is 2.16. The van der Waals surface area contributed by atoms with Crippen LogP contribution in [0.3, 0.4) is 0 Å². The molecule has 17 heavy (non-hydrogen) atoms. The highest BCUT2D eigenvalue weighted by atomic mass is 79.9. The number of amides is 1. The fourth-order valence-electron chi connectivity index (χ4n) is 1.49. The van der Waals surface area contributed by atoms with Gasteiger partial charge in [0.1, 0.15) is 5.82 Å². The highest BCUT2D eigenvalue weighted by Gasteiger charge is 2.08. The molecule has 0 atom stereocenters.